The Morgan fingerprint density at radius 2 is 2.06 bits per heavy atom. The molecule has 1 N–H and O–H groups in total. The summed E-state index contributed by atoms with van der Waals surface area (Å²) in [6, 6.07) is 3.43. The molecule has 0 bridgehead atoms. The van der Waals surface area contributed by atoms with E-state index in [0.29, 0.717) is 5.56 Å². The van der Waals surface area contributed by atoms with Gasteiger partial charge in [-0.05, 0) is 24.6 Å². The molecule has 0 aliphatic rings. The fourth-order valence-corrected chi connectivity index (χ4v) is 1.41. The highest BCUT2D eigenvalue weighted by Crippen LogP contribution is 2.26. The Kier molecular flexibility index (Phi) is 2.63. The molecule has 0 unspecified atom stereocenters. The minimum atomic E-state index is -1.30. The Bertz CT molecular complexity index is 592. The van der Waals surface area contributed by atoms with Gasteiger partial charge in [-0.15, -0.1) is 0 Å². The molecule has 1 aromatic heterocycles. The molecular formula is C11H7F2NO3. The first-order valence-corrected chi connectivity index (χ1v) is 4.65. The molecule has 0 fully saturated rings. The smallest absolute Gasteiger partial charge is 0.358 e. The second kappa shape index (κ2) is 3.97. The van der Waals surface area contributed by atoms with Crippen LogP contribution >= 0.6 is 0 Å². The van der Waals surface area contributed by atoms with Gasteiger partial charge < -0.3 is 9.63 Å². The number of nitrogens with zero attached hydrogens (tertiary/aromatic N) is 1. The number of hydrogen-bond donors (Lipinski definition) is 1. The van der Waals surface area contributed by atoms with Crippen LogP contribution in [0.3, 0.4) is 0 Å². The maximum absolute atomic E-state index is 13.5. The van der Waals surface area contributed by atoms with Crippen molar-refractivity contribution in [2.45, 2.75) is 6.92 Å². The van der Waals surface area contributed by atoms with Gasteiger partial charge >= 0.3 is 5.97 Å². The van der Waals surface area contributed by atoms with E-state index in [2.05, 4.69) is 9.68 Å². The van der Waals surface area contributed by atoms with Gasteiger partial charge in [0.2, 0.25) is 0 Å². The topological polar surface area (TPSA) is 63.3 Å². The van der Waals surface area contributed by atoms with Crippen LogP contribution in [0, 0.1) is 18.6 Å². The van der Waals surface area contributed by atoms with Crippen LogP contribution < -0.4 is 0 Å². The second-order valence-electron chi connectivity index (χ2n) is 3.49. The summed E-state index contributed by atoms with van der Waals surface area (Å²) < 4.78 is 31.3. The SMILES string of the molecule is Cc1cc(F)c(F)c(-c2cc(C(=O)O)no2)c1. The Morgan fingerprint density at radius 1 is 1.35 bits per heavy atom. The predicted octanol–water partition coefficient (Wildman–Crippen LogP) is 2.63. The molecule has 1 heterocycles. The van der Waals surface area contributed by atoms with Crippen molar-refractivity contribution in [3.05, 3.63) is 41.1 Å². The first-order chi connectivity index (χ1) is 7.99. The Labute approximate surface area is 94.5 Å². The summed E-state index contributed by atoms with van der Waals surface area (Å²) in [5, 5.41) is 11.9. The average Bonchev–Trinajstić information content (AvgIpc) is 2.72. The van der Waals surface area contributed by atoms with Crippen LogP contribution in [-0.4, -0.2) is 16.2 Å². The van der Waals surface area contributed by atoms with Crippen LogP contribution in [0.2, 0.25) is 0 Å². The van der Waals surface area contributed by atoms with Crippen LogP contribution in [0.25, 0.3) is 11.3 Å². The van der Waals surface area contributed by atoms with E-state index in [-0.39, 0.29) is 17.0 Å². The lowest BCUT2D eigenvalue weighted by Crippen LogP contribution is -1.94. The minimum absolute atomic E-state index is 0.123. The average molecular weight is 239 g/mol. The van der Waals surface area contributed by atoms with E-state index in [0.717, 1.165) is 12.1 Å². The highest BCUT2D eigenvalue weighted by molar-refractivity contribution is 5.86. The predicted molar refractivity (Wildman–Crippen MR) is 53.6 cm³/mol. The van der Waals surface area contributed by atoms with E-state index < -0.39 is 17.6 Å². The standard InChI is InChI=1S/C11H7F2NO3/c1-5-2-6(10(13)7(12)3-5)9-4-8(11(15)16)14-17-9/h2-4H,1H3,(H,15,16). The van der Waals surface area contributed by atoms with Crippen molar-refractivity contribution < 1.29 is 23.2 Å². The van der Waals surface area contributed by atoms with Crippen molar-refractivity contribution in [1.29, 1.82) is 0 Å². The van der Waals surface area contributed by atoms with E-state index >= 15 is 0 Å². The maximum atomic E-state index is 13.5. The van der Waals surface area contributed by atoms with Gasteiger partial charge in [-0.3, -0.25) is 0 Å². The number of hydrogen-bond acceptors (Lipinski definition) is 3. The molecule has 0 atom stereocenters. The molecule has 88 valence electrons. The number of aromatic carboxylic acids is 1. The lowest BCUT2D eigenvalue weighted by Gasteiger charge is -2.01. The van der Waals surface area contributed by atoms with Crippen LogP contribution in [0.4, 0.5) is 8.78 Å². The zero-order valence-electron chi connectivity index (χ0n) is 8.70. The van der Waals surface area contributed by atoms with Crippen molar-refractivity contribution in [2.75, 3.05) is 0 Å². The van der Waals surface area contributed by atoms with Gasteiger partial charge in [0.15, 0.2) is 23.1 Å². The third-order valence-corrected chi connectivity index (χ3v) is 2.17. The highest BCUT2D eigenvalue weighted by Gasteiger charge is 2.17. The molecule has 6 heteroatoms. The number of aryl methyl sites for hydroxylation is 1. The van der Waals surface area contributed by atoms with Gasteiger partial charge in [-0.25, -0.2) is 13.6 Å². The van der Waals surface area contributed by atoms with Crippen molar-refractivity contribution in [2.24, 2.45) is 0 Å². The number of aromatic nitrogens is 1. The Morgan fingerprint density at radius 3 is 2.65 bits per heavy atom. The first kappa shape index (κ1) is 11.3. The quantitative estimate of drug-likeness (QED) is 0.874. The van der Waals surface area contributed by atoms with Gasteiger partial charge in [-0.1, -0.05) is 5.16 Å². The third kappa shape index (κ3) is 2.01. The van der Waals surface area contributed by atoms with Crippen LogP contribution in [0.5, 0.6) is 0 Å². The number of carbonyl (C=O) groups is 1. The van der Waals surface area contributed by atoms with E-state index in [1.807, 2.05) is 0 Å². The van der Waals surface area contributed by atoms with Crippen LogP contribution in [-0.2, 0) is 0 Å². The molecule has 2 aromatic rings. The number of carboxylic acids is 1. The van der Waals surface area contributed by atoms with E-state index in [1.165, 1.54) is 6.07 Å². The fraction of sp³-hybridized carbons (Fsp3) is 0.0909. The summed E-state index contributed by atoms with van der Waals surface area (Å²) >= 11 is 0. The maximum Gasteiger partial charge on any atom is 0.358 e. The Hall–Kier alpha value is -2.24. The zero-order chi connectivity index (χ0) is 12.6. The van der Waals surface area contributed by atoms with Gasteiger partial charge in [-0.2, -0.15) is 0 Å². The number of benzene rings is 1. The second-order valence-corrected chi connectivity index (χ2v) is 3.49. The molecule has 1 aromatic carbocycles. The number of rotatable bonds is 2. The van der Waals surface area contributed by atoms with Crippen LogP contribution in [0.1, 0.15) is 16.1 Å². The van der Waals surface area contributed by atoms with Crippen LogP contribution in [0.15, 0.2) is 22.7 Å². The molecule has 4 nitrogen and oxygen atoms in total. The third-order valence-electron chi connectivity index (χ3n) is 2.17. The summed E-state index contributed by atoms with van der Waals surface area (Å²) in [5.41, 5.74) is -0.0176. The highest BCUT2D eigenvalue weighted by atomic mass is 19.2. The van der Waals surface area contributed by atoms with E-state index in [1.54, 1.807) is 6.92 Å². The molecule has 0 radical (unpaired) electrons. The number of carboxylic acid groups (broad SMARTS) is 1. The van der Waals surface area contributed by atoms with E-state index in [9.17, 15) is 13.6 Å². The molecule has 0 saturated heterocycles. The molecule has 0 spiro atoms. The summed E-state index contributed by atoms with van der Waals surface area (Å²) in [6.07, 6.45) is 0. The van der Waals surface area contributed by atoms with Gasteiger partial charge in [0.05, 0.1) is 5.56 Å². The van der Waals surface area contributed by atoms with Crippen molar-refractivity contribution in [3.63, 3.8) is 0 Å². The first-order valence-electron chi connectivity index (χ1n) is 4.65. The molecule has 0 amide bonds. The summed E-state index contributed by atoms with van der Waals surface area (Å²) in [4.78, 5) is 10.6. The molecule has 0 aliphatic carbocycles. The minimum Gasteiger partial charge on any atom is -0.476 e. The Balaban J connectivity index is 2.56. The van der Waals surface area contributed by atoms with Gasteiger partial charge in [0.1, 0.15) is 0 Å². The number of halogens is 2. The summed E-state index contributed by atoms with van der Waals surface area (Å²) in [7, 11) is 0. The van der Waals surface area contributed by atoms with Crippen molar-refractivity contribution >= 4 is 5.97 Å². The normalized spacial score (nSPS) is 10.5. The lowest BCUT2D eigenvalue weighted by atomic mass is 10.1. The molecule has 0 aliphatic heterocycles. The zero-order valence-corrected chi connectivity index (χ0v) is 8.70. The lowest BCUT2D eigenvalue weighted by molar-refractivity contribution is 0.0686. The van der Waals surface area contributed by atoms with Crippen molar-refractivity contribution in [3.8, 4) is 11.3 Å². The summed E-state index contributed by atoms with van der Waals surface area (Å²) in [6.45, 7) is 1.58. The van der Waals surface area contributed by atoms with Gasteiger partial charge in [0.25, 0.3) is 0 Å². The molecule has 17 heavy (non-hydrogen) atoms. The fourth-order valence-electron chi connectivity index (χ4n) is 1.41. The largest absolute Gasteiger partial charge is 0.476 e. The monoisotopic (exact) mass is 239 g/mol. The molecule has 2 rings (SSSR count). The summed E-state index contributed by atoms with van der Waals surface area (Å²) in [5.74, 6) is -3.53. The molecule has 0 saturated carbocycles. The molecular weight excluding hydrogens is 232 g/mol. The van der Waals surface area contributed by atoms with Crippen molar-refractivity contribution in [1.82, 2.24) is 5.16 Å². The van der Waals surface area contributed by atoms with Gasteiger partial charge in [0, 0.05) is 6.07 Å². The van der Waals surface area contributed by atoms with E-state index in [4.69, 9.17) is 5.11 Å².